The van der Waals surface area contributed by atoms with Crippen LogP contribution >= 0.6 is 11.6 Å². The maximum atomic E-state index is 12.1. The molecule has 0 aliphatic carbocycles. The Morgan fingerprint density at radius 1 is 1.26 bits per heavy atom. The summed E-state index contributed by atoms with van der Waals surface area (Å²) in [7, 11) is 1.57. The summed E-state index contributed by atoms with van der Waals surface area (Å²) in [6, 6.07) is 12.7. The van der Waals surface area contributed by atoms with Gasteiger partial charge in [0.2, 0.25) is 6.10 Å². The first-order chi connectivity index (χ1) is 13.0. The second-order valence-corrected chi connectivity index (χ2v) is 6.04. The summed E-state index contributed by atoms with van der Waals surface area (Å²) in [5.41, 5.74) is 1.60. The fourth-order valence-corrected chi connectivity index (χ4v) is 2.44. The number of amides is 1. The standard InChI is InChI=1S/C20H23ClN2O4/c1-4-26-18-10-9-15(11-19(18)25-3)12-23-27-14(2)20(24)22-13-16-7-5-6-8-17(16)21/h5-12,14H,4,13H2,1-3H3,(H,22,24)/b23-12+. The molecule has 1 N–H and O–H groups in total. The first kappa shape index (κ1) is 20.6. The number of ether oxygens (including phenoxy) is 2. The lowest BCUT2D eigenvalue weighted by atomic mass is 10.2. The molecule has 0 aromatic heterocycles. The highest BCUT2D eigenvalue weighted by Gasteiger charge is 2.14. The van der Waals surface area contributed by atoms with Crippen LogP contribution in [-0.2, 0) is 16.2 Å². The Hall–Kier alpha value is -2.73. The molecule has 0 saturated heterocycles. The van der Waals surface area contributed by atoms with Crippen LogP contribution in [-0.4, -0.2) is 31.9 Å². The van der Waals surface area contributed by atoms with E-state index in [1.54, 1.807) is 32.2 Å². The first-order valence-electron chi connectivity index (χ1n) is 8.56. The van der Waals surface area contributed by atoms with E-state index in [2.05, 4.69) is 10.5 Å². The average molecular weight is 391 g/mol. The van der Waals surface area contributed by atoms with Crippen molar-refractivity contribution in [2.45, 2.75) is 26.5 Å². The van der Waals surface area contributed by atoms with Crippen molar-refractivity contribution in [1.82, 2.24) is 5.32 Å². The van der Waals surface area contributed by atoms with Gasteiger partial charge in [-0.05, 0) is 43.7 Å². The van der Waals surface area contributed by atoms with E-state index in [-0.39, 0.29) is 5.91 Å². The van der Waals surface area contributed by atoms with Crippen LogP contribution in [0.2, 0.25) is 5.02 Å². The molecule has 2 aromatic rings. The second-order valence-electron chi connectivity index (χ2n) is 5.63. The van der Waals surface area contributed by atoms with Gasteiger partial charge < -0.3 is 19.6 Å². The molecule has 144 valence electrons. The SMILES string of the molecule is CCOc1ccc(/C=N/OC(C)C(=O)NCc2ccccc2Cl)cc1OC. The molecule has 2 aromatic carbocycles. The molecule has 1 unspecified atom stereocenters. The number of halogens is 1. The van der Waals surface area contributed by atoms with Crippen LogP contribution in [0.3, 0.4) is 0 Å². The third kappa shape index (κ3) is 6.18. The number of rotatable bonds is 9. The van der Waals surface area contributed by atoms with Crippen molar-refractivity contribution in [1.29, 1.82) is 0 Å². The normalized spacial score (nSPS) is 11.9. The molecule has 0 aliphatic rings. The van der Waals surface area contributed by atoms with Crippen LogP contribution < -0.4 is 14.8 Å². The maximum absolute atomic E-state index is 12.1. The quantitative estimate of drug-likeness (QED) is 0.522. The Morgan fingerprint density at radius 3 is 2.74 bits per heavy atom. The average Bonchev–Trinajstić information content (AvgIpc) is 2.68. The molecule has 2 rings (SSSR count). The van der Waals surface area contributed by atoms with Crippen LogP contribution in [0.5, 0.6) is 11.5 Å². The summed E-state index contributed by atoms with van der Waals surface area (Å²) in [6.45, 7) is 4.40. The van der Waals surface area contributed by atoms with Crippen LogP contribution in [0, 0.1) is 0 Å². The van der Waals surface area contributed by atoms with Crippen molar-refractivity contribution < 1.29 is 19.1 Å². The minimum absolute atomic E-state index is 0.281. The Labute approximate surface area is 164 Å². The van der Waals surface area contributed by atoms with Crippen molar-refractivity contribution in [3.63, 3.8) is 0 Å². The Morgan fingerprint density at radius 2 is 2.04 bits per heavy atom. The highest BCUT2D eigenvalue weighted by molar-refractivity contribution is 6.31. The molecule has 1 atom stereocenters. The minimum Gasteiger partial charge on any atom is -0.493 e. The maximum Gasteiger partial charge on any atom is 0.263 e. The molecule has 27 heavy (non-hydrogen) atoms. The third-order valence-corrected chi connectivity index (χ3v) is 4.06. The molecule has 7 heteroatoms. The highest BCUT2D eigenvalue weighted by Crippen LogP contribution is 2.27. The van der Waals surface area contributed by atoms with Gasteiger partial charge in [-0.25, -0.2) is 0 Å². The van der Waals surface area contributed by atoms with Crippen LogP contribution in [0.25, 0.3) is 0 Å². The topological polar surface area (TPSA) is 69.2 Å². The van der Waals surface area contributed by atoms with Crippen LogP contribution in [0.1, 0.15) is 25.0 Å². The molecule has 0 bridgehead atoms. The van der Waals surface area contributed by atoms with Gasteiger partial charge in [0.15, 0.2) is 11.5 Å². The van der Waals surface area contributed by atoms with E-state index < -0.39 is 6.10 Å². The van der Waals surface area contributed by atoms with Gasteiger partial charge >= 0.3 is 0 Å². The van der Waals surface area contributed by atoms with Crippen molar-refractivity contribution in [3.8, 4) is 11.5 Å². The van der Waals surface area contributed by atoms with Crippen molar-refractivity contribution in [3.05, 3.63) is 58.6 Å². The number of hydrogen-bond donors (Lipinski definition) is 1. The second kappa shape index (κ2) is 10.4. The van der Waals surface area contributed by atoms with E-state index in [9.17, 15) is 4.79 Å². The zero-order valence-corrected chi connectivity index (χ0v) is 16.3. The summed E-state index contributed by atoms with van der Waals surface area (Å²) < 4.78 is 10.8. The molecule has 6 nitrogen and oxygen atoms in total. The zero-order valence-electron chi connectivity index (χ0n) is 15.6. The monoisotopic (exact) mass is 390 g/mol. The molecule has 0 saturated carbocycles. The van der Waals surface area contributed by atoms with Gasteiger partial charge in [0.05, 0.1) is 19.9 Å². The Kier molecular flexibility index (Phi) is 7.95. The smallest absolute Gasteiger partial charge is 0.263 e. The van der Waals surface area contributed by atoms with Crippen molar-refractivity contribution in [2.24, 2.45) is 5.16 Å². The van der Waals surface area contributed by atoms with E-state index in [4.69, 9.17) is 25.9 Å². The number of methoxy groups -OCH3 is 1. The Bertz CT molecular complexity index is 795. The number of carbonyl (C=O) groups excluding carboxylic acids is 1. The van der Waals surface area contributed by atoms with E-state index >= 15 is 0 Å². The summed E-state index contributed by atoms with van der Waals surface area (Å²) in [5.74, 6) is 0.980. The molecule has 1 amide bonds. The fourth-order valence-electron chi connectivity index (χ4n) is 2.24. The lowest BCUT2D eigenvalue weighted by Crippen LogP contribution is -2.33. The summed E-state index contributed by atoms with van der Waals surface area (Å²) in [4.78, 5) is 17.3. The van der Waals surface area contributed by atoms with E-state index in [1.165, 1.54) is 6.21 Å². The molecule has 0 heterocycles. The van der Waals surface area contributed by atoms with Gasteiger partial charge in [-0.15, -0.1) is 0 Å². The largest absolute Gasteiger partial charge is 0.493 e. The van der Waals surface area contributed by atoms with Gasteiger partial charge in [0.25, 0.3) is 5.91 Å². The van der Waals surface area contributed by atoms with Crippen molar-refractivity contribution in [2.75, 3.05) is 13.7 Å². The number of carbonyl (C=O) groups is 1. The highest BCUT2D eigenvalue weighted by atomic mass is 35.5. The zero-order chi connectivity index (χ0) is 19.6. The molecule has 0 fully saturated rings. The van der Waals surface area contributed by atoms with Gasteiger partial charge in [0.1, 0.15) is 0 Å². The molecule has 0 aliphatic heterocycles. The predicted molar refractivity (Wildman–Crippen MR) is 106 cm³/mol. The molecular weight excluding hydrogens is 368 g/mol. The molecule has 0 spiro atoms. The number of hydrogen-bond acceptors (Lipinski definition) is 5. The summed E-state index contributed by atoms with van der Waals surface area (Å²) >= 11 is 6.07. The number of nitrogens with zero attached hydrogens (tertiary/aromatic N) is 1. The van der Waals surface area contributed by atoms with E-state index in [0.29, 0.717) is 29.7 Å². The first-order valence-corrected chi connectivity index (χ1v) is 8.94. The number of oxime groups is 1. The molecule has 0 radical (unpaired) electrons. The van der Waals surface area contributed by atoms with Gasteiger partial charge in [-0.3, -0.25) is 4.79 Å². The van der Waals surface area contributed by atoms with E-state index in [1.807, 2.05) is 31.2 Å². The minimum atomic E-state index is -0.742. The summed E-state index contributed by atoms with van der Waals surface area (Å²) in [6.07, 6.45) is 0.768. The van der Waals surface area contributed by atoms with Gasteiger partial charge in [-0.1, -0.05) is 35.0 Å². The fraction of sp³-hybridized carbons (Fsp3) is 0.300. The Balaban J connectivity index is 1.87. The lowest BCUT2D eigenvalue weighted by molar-refractivity contribution is -0.131. The van der Waals surface area contributed by atoms with Gasteiger partial charge in [-0.2, -0.15) is 0 Å². The van der Waals surface area contributed by atoms with Crippen LogP contribution in [0.15, 0.2) is 47.6 Å². The lowest BCUT2D eigenvalue weighted by Gasteiger charge is -2.11. The van der Waals surface area contributed by atoms with Crippen LogP contribution in [0.4, 0.5) is 0 Å². The number of benzene rings is 2. The molecular formula is C20H23ClN2O4. The van der Waals surface area contributed by atoms with Gasteiger partial charge in [0, 0.05) is 17.1 Å². The summed E-state index contributed by atoms with van der Waals surface area (Å²) in [5, 5.41) is 7.25. The number of nitrogens with one attached hydrogen (secondary N) is 1. The van der Waals surface area contributed by atoms with E-state index in [0.717, 1.165) is 11.1 Å². The predicted octanol–water partition coefficient (Wildman–Crippen LogP) is 3.80. The van der Waals surface area contributed by atoms with Crippen molar-refractivity contribution >= 4 is 23.7 Å². The third-order valence-electron chi connectivity index (χ3n) is 3.69.